The van der Waals surface area contributed by atoms with Crippen LogP contribution in [-0.4, -0.2) is 61.6 Å². The number of unbranched alkanes of at least 4 members (excludes halogenated alkanes) is 1. The Bertz CT molecular complexity index is 798. The first-order valence-electron chi connectivity index (χ1n) is 14.2. The number of likely N-dealkylation sites (tertiary alicyclic amines) is 1. The van der Waals surface area contributed by atoms with Crippen LogP contribution in [0.15, 0.2) is 35.0 Å². The molecule has 8 heteroatoms. The van der Waals surface area contributed by atoms with Gasteiger partial charge in [-0.1, -0.05) is 85.6 Å². The number of carbonyl (C=O) groups excluding carboxylic acids is 3. The number of aliphatic imine (C=N–C) groups is 1. The second-order valence-corrected chi connectivity index (χ2v) is 9.98. The number of allylic oxidation sites excluding steroid dienone is 2. The quantitative estimate of drug-likeness (QED) is 0.288. The van der Waals surface area contributed by atoms with Crippen molar-refractivity contribution in [2.45, 2.75) is 108 Å². The average Bonchev–Trinajstić information content (AvgIpc) is 3.38. The first-order chi connectivity index (χ1) is 18.9. The Hall–Kier alpha value is -2.84. The summed E-state index contributed by atoms with van der Waals surface area (Å²) < 4.78 is 0. The van der Waals surface area contributed by atoms with Crippen molar-refractivity contribution < 1.29 is 19.5 Å². The highest BCUT2D eigenvalue weighted by atomic mass is 16.3. The van der Waals surface area contributed by atoms with Crippen LogP contribution in [0.5, 0.6) is 0 Å². The zero-order valence-electron chi connectivity index (χ0n) is 27.3. The molecule has 1 saturated heterocycles. The number of aliphatic hydroxyl groups excluding tert-OH is 1. The molecule has 1 fully saturated rings. The van der Waals surface area contributed by atoms with Crippen LogP contribution >= 0.6 is 0 Å². The Labute approximate surface area is 245 Å². The van der Waals surface area contributed by atoms with Crippen LogP contribution in [0, 0.1) is 5.41 Å². The van der Waals surface area contributed by atoms with Gasteiger partial charge in [-0.15, -0.1) is 0 Å². The third kappa shape index (κ3) is 25.4. The van der Waals surface area contributed by atoms with Gasteiger partial charge in [-0.3, -0.25) is 14.6 Å². The molecule has 232 valence electrons. The third-order valence-electron chi connectivity index (χ3n) is 5.33. The van der Waals surface area contributed by atoms with E-state index in [9.17, 15) is 9.90 Å². The molecule has 0 bridgehead atoms. The molecule has 40 heavy (non-hydrogen) atoms. The number of hydrogen-bond acceptors (Lipinski definition) is 6. The highest BCUT2D eigenvalue weighted by Gasteiger charge is 2.27. The highest BCUT2D eigenvalue weighted by Crippen LogP contribution is 2.22. The van der Waals surface area contributed by atoms with Crippen LogP contribution in [0.2, 0.25) is 0 Å². The van der Waals surface area contributed by atoms with E-state index >= 15 is 0 Å². The highest BCUT2D eigenvalue weighted by molar-refractivity contribution is 5.77. The fraction of sp³-hybridized carbons (Fsp3) is 0.625. The lowest BCUT2D eigenvalue weighted by Crippen LogP contribution is -2.32. The molecule has 8 nitrogen and oxygen atoms in total. The second-order valence-electron chi connectivity index (χ2n) is 9.98. The fourth-order valence-electron chi connectivity index (χ4n) is 3.11. The van der Waals surface area contributed by atoms with E-state index in [2.05, 4.69) is 81.9 Å². The van der Waals surface area contributed by atoms with Crippen molar-refractivity contribution in [1.82, 2.24) is 10.2 Å². The predicted molar refractivity (Wildman–Crippen MR) is 172 cm³/mol. The summed E-state index contributed by atoms with van der Waals surface area (Å²) in [6.07, 6.45) is 5.72. The van der Waals surface area contributed by atoms with Crippen LogP contribution < -0.4 is 11.1 Å². The molecule has 1 aliphatic heterocycles. The summed E-state index contributed by atoms with van der Waals surface area (Å²) in [5.41, 5.74) is 9.06. The Morgan fingerprint density at radius 3 is 1.95 bits per heavy atom. The molecule has 0 spiro atoms. The maximum absolute atomic E-state index is 11.6. The molecule has 2 amide bonds. The smallest absolute Gasteiger partial charge is 0.223 e. The standard InChI is InChI=1S/C14H20N2.C10H19NO2.C4H10.C2H6.CH3NO.CH2O/c1-5-16-12(3)11(2)14-8-6-13(7-9-14)10-15-4;1-10(2,3)6-9(13)11-5-4-8(12)7-11;1-3-4-2;1-2;2-1-3;1-2/h5-9,15H,10H2,1-4H3;8,12H,4-7H2,1-3H3;3-4H2,1-2H3;1-2H3;1H,(H2,2,3);1H2/b12-11+,16-5?;;;;;. The lowest BCUT2D eigenvalue weighted by atomic mass is 9.92. The van der Waals surface area contributed by atoms with Crippen molar-refractivity contribution in [2.24, 2.45) is 16.1 Å². The molecular formula is C32H60N4O4. The Morgan fingerprint density at radius 1 is 1.15 bits per heavy atom. The molecule has 0 radical (unpaired) electrons. The topological polar surface area (TPSA) is 125 Å². The third-order valence-corrected chi connectivity index (χ3v) is 5.33. The first kappa shape index (κ1) is 44.2. The summed E-state index contributed by atoms with van der Waals surface area (Å²) in [4.78, 5) is 34.3. The number of rotatable bonds is 6. The van der Waals surface area contributed by atoms with Gasteiger partial charge in [-0.25, -0.2) is 0 Å². The van der Waals surface area contributed by atoms with Crippen LogP contribution in [0.3, 0.4) is 0 Å². The lowest BCUT2D eigenvalue weighted by molar-refractivity contribution is -0.132. The molecular weight excluding hydrogens is 504 g/mol. The molecule has 1 aliphatic rings. The average molecular weight is 565 g/mol. The van der Waals surface area contributed by atoms with Crippen molar-refractivity contribution in [3.05, 3.63) is 41.1 Å². The van der Waals surface area contributed by atoms with Gasteiger partial charge in [0.15, 0.2) is 0 Å². The Balaban J connectivity index is -0.000000241. The number of nitrogens with zero attached hydrogens (tertiary/aromatic N) is 2. The predicted octanol–water partition coefficient (Wildman–Crippen LogP) is 6.01. The maximum Gasteiger partial charge on any atom is 0.223 e. The van der Waals surface area contributed by atoms with Gasteiger partial charge in [-0.05, 0) is 56.4 Å². The summed E-state index contributed by atoms with van der Waals surface area (Å²) in [7, 11) is 1.96. The monoisotopic (exact) mass is 564 g/mol. The van der Waals surface area contributed by atoms with Gasteiger partial charge in [0.05, 0.1) is 6.10 Å². The van der Waals surface area contributed by atoms with E-state index in [1.807, 2.05) is 47.7 Å². The summed E-state index contributed by atoms with van der Waals surface area (Å²) in [6.45, 7) is 24.8. The van der Waals surface area contributed by atoms with Gasteiger partial charge < -0.3 is 25.9 Å². The lowest BCUT2D eigenvalue weighted by Gasteiger charge is -2.22. The zero-order chi connectivity index (χ0) is 32.1. The number of nitrogens with one attached hydrogen (secondary N) is 1. The molecule has 1 aromatic rings. The minimum absolute atomic E-state index is 0.0463. The van der Waals surface area contributed by atoms with Crippen molar-refractivity contribution in [2.75, 3.05) is 20.1 Å². The van der Waals surface area contributed by atoms with Gasteiger partial charge in [0.25, 0.3) is 0 Å². The van der Waals surface area contributed by atoms with E-state index < -0.39 is 0 Å². The fourth-order valence-corrected chi connectivity index (χ4v) is 3.11. The van der Waals surface area contributed by atoms with Gasteiger partial charge >= 0.3 is 0 Å². The van der Waals surface area contributed by atoms with E-state index in [4.69, 9.17) is 9.59 Å². The molecule has 0 aliphatic carbocycles. The molecule has 1 aromatic carbocycles. The Kier molecular flexibility index (Phi) is 32.2. The molecule has 1 unspecified atom stereocenters. The van der Waals surface area contributed by atoms with E-state index in [1.54, 1.807) is 4.90 Å². The second kappa shape index (κ2) is 29.2. The molecule has 4 N–H and O–H groups in total. The zero-order valence-corrected chi connectivity index (χ0v) is 27.3. The van der Waals surface area contributed by atoms with Gasteiger partial charge in [0.2, 0.25) is 12.3 Å². The van der Waals surface area contributed by atoms with E-state index in [-0.39, 0.29) is 23.8 Å². The Morgan fingerprint density at radius 2 is 1.62 bits per heavy atom. The minimum Gasteiger partial charge on any atom is -0.391 e. The number of β-amino-alcohol motifs (C(OH)–C–C–N with tert-alkyl or cyclic N) is 1. The van der Waals surface area contributed by atoms with E-state index in [0.29, 0.717) is 13.0 Å². The number of benzene rings is 1. The van der Waals surface area contributed by atoms with Gasteiger partial charge in [-0.2, -0.15) is 0 Å². The molecule has 0 saturated carbocycles. The largest absolute Gasteiger partial charge is 0.391 e. The van der Waals surface area contributed by atoms with E-state index in [0.717, 1.165) is 25.2 Å². The SMILES string of the molecule is C=O.CC.CC(C)(C)CC(=O)N1CCC(O)C1.CC=N/C(C)=C(\C)c1ccc(CNC)cc1.CCCC.NC=O. The number of nitrogens with two attached hydrogens (primary N) is 1. The maximum atomic E-state index is 11.6. The van der Waals surface area contributed by atoms with Crippen LogP contribution in [0.4, 0.5) is 0 Å². The van der Waals surface area contributed by atoms with Crippen molar-refractivity contribution >= 4 is 30.9 Å². The molecule has 0 aromatic heterocycles. The molecule has 1 atom stereocenters. The summed E-state index contributed by atoms with van der Waals surface area (Å²) >= 11 is 0. The number of aliphatic hydroxyl groups is 1. The summed E-state index contributed by atoms with van der Waals surface area (Å²) in [6, 6.07) is 8.60. The summed E-state index contributed by atoms with van der Waals surface area (Å²) in [5.74, 6) is 0.170. The minimum atomic E-state index is -0.302. The number of hydrogen-bond donors (Lipinski definition) is 3. The van der Waals surface area contributed by atoms with Crippen LogP contribution in [0.25, 0.3) is 5.57 Å². The normalized spacial score (nSPS) is 14.2. The molecule has 1 heterocycles. The number of primary amides is 1. The van der Waals surface area contributed by atoms with Crippen LogP contribution in [0.1, 0.15) is 106 Å². The van der Waals surface area contributed by atoms with Crippen molar-refractivity contribution in [1.29, 1.82) is 0 Å². The number of amides is 2. The van der Waals surface area contributed by atoms with Crippen molar-refractivity contribution in [3.63, 3.8) is 0 Å². The van der Waals surface area contributed by atoms with Gasteiger partial charge in [0, 0.05) is 38.0 Å². The first-order valence-corrected chi connectivity index (χ1v) is 14.2. The summed E-state index contributed by atoms with van der Waals surface area (Å²) in [5, 5.41) is 12.4. The number of carbonyl (C=O) groups is 3. The molecule has 2 rings (SSSR count). The van der Waals surface area contributed by atoms with Crippen LogP contribution in [-0.2, 0) is 20.9 Å². The van der Waals surface area contributed by atoms with Gasteiger partial charge in [0.1, 0.15) is 6.79 Å². The van der Waals surface area contributed by atoms with Crippen molar-refractivity contribution in [3.8, 4) is 0 Å². The van der Waals surface area contributed by atoms with E-state index in [1.165, 1.54) is 29.5 Å².